The van der Waals surface area contributed by atoms with Crippen LogP contribution in [0.15, 0.2) is 52.6 Å². The van der Waals surface area contributed by atoms with E-state index in [4.69, 9.17) is 0 Å². The molecule has 6 rings (SSSR count). The van der Waals surface area contributed by atoms with Crippen LogP contribution in [0.5, 0.6) is 0 Å². The molecule has 4 heterocycles. The van der Waals surface area contributed by atoms with Gasteiger partial charge < -0.3 is 10.0 Å². The molecule has 0 unspecified atom stereocenters. The predicted octanol–water partition coefficient (Wildman–Crippen LogP) is 5.37. The third kappa shape index (κ3) is 3.61. The maximum absolute atomic E-state index is 11.9. The van der Waals surface area contributed by atoms with Crippen LogP contribution in [0, 0.1) is 6.92 Å². The Morgan fingerprint density at radius 2 is 1.80 bits per heavy atom. The molecule has 6 heteroatoms. The zero-order valence-corrected chi connectivity index (χ0v) is 22.7. The molecule has 0 bridgehead atoms. The molecule has 4 aliphatic rings. The van der Waals surface area contributed by atoms with E-state index in [1.165, 1.54) is 75.5 Å². The van der Waals surface area contributed by atoms with Gasteiger partial charge in [-0.2, -0.15) is 0 Å². The molecule has 35 heavy (non-hydrogen) atoms. The molecule has 1 aromatic heterocycles. The number of aromatic carboxylic acids is 1. The Balaban J connectivity index is 1.61. The highest BCUT2D eigenvalue weighted by Crippen LogP contribution is 2.44. The van der Waals surface area contributed by atoms with E-state index in [-0.39, 0.29) is 0 Å². The molecule has 180 valence electrons. The van der Waals surface area contributed by atoms with Crippen LogP contribution < -0.4 is 10.1 Å². The van der Waals surface area contributed by atoms with Crippen molar-refractivity contribution in [2.75, 3.05) is 31.1 Å². The first kappa shape index (κ1) is 22.7. The van der Waals surface area contributed by atoms with E-state index in [0.717, 1.165) is 37.3 Å². The first-order valence-electron chi connectivity index (χ1n) is 12.8. The summed E-state index contributed by atoms with van der Waals surface area (Å²) in [5.41, 5.74) is 8.43. The van der Waals surface area contributed by atoms with Gasteiger partial charge in [0.05, 0.1) is 0 Å². The highest BCUT2D eigenvalue weighted by Gasteiger charge is 2.41. The van der Waals surface area contributed by atoms with Gasteiger partial charge in [-0.15, -0.1) is 11.3 Å². The first-order chi connectivity index (χ1) is 16.9. The molecule has 0 atom stereocenters. The van der Waals surface area contributed by atoms with E-state index in [2.05, 4.69) is 64.4 Å². The number of allylic oxidation sites excluding steroid dienone is 5. The number of hydrogen-bond donors (Lipinski definition) is 1. The van der Waals surface area contributed by atoms with Crippen LogP contribution in [0.1, 0.15) is 52.0 Å². The molecule has 2 saturated heterocycles. The standard InChI is InChI=1S/C29H32N2O2SSi/c1-19-24(18-34-28(19)29(32)33)27-22-10-8-20(30-12-4-5-13-30)16-25(22)35(2,3)26-17-21(9-11-23(26)27)31-14-6-7-15-31/h8-11,16-18H,4-7,12-15H2,1-3H3/p+1. The van der Waals surface area contributed by atoms with Crippen molar-refractivity contribution in [3.05, 3.63) is 74.1 Å². The van der Waals surface area contributed by atoms with Crippen molar-refractivity contribution < 1.29 is 14.5 Å². The van der Waals surface area contributed by atoms with Gasteiger partial charge in [0.1, 0.15) is 26.0 Å². The predicted molar refractivity (Wildman–Crippen MR) is 149 cm³/mol. The van der Waals surface area contributed by atoms with Crippen molar-refractivity contribution in [2.24, 2.45) is 0 Å². The highest BCUT2D eigenvalue weighted by atomic mass is 32.1. The Kier molecular flexibility index (Phi) is 5.49. The van der Waals surface area contributed by atoms with E-state index in [1.54, 1.807) is 0 Å². The highest BCUT2D eigenvalue weighted by molar-refractivity contribution is 7.12. The van der Waals surface area contributed by atoms with Crippen molar-refractivity contribution in [3.63, 3.8) is 0 Å². The van der Waals surface area contributed by atoms with Gasteiger partial charge in [0, 0.05) is 43.8 Å². The average molecular weight is 502 g/mol. The third-order valence-electron chi connectivity index (χ3n) is 8.34. The average Bonchev–Trinajstić information content (AvgIpc) is 3.62. The van der Waals surface area contributed by atoms with E-state index in [9.17, 15) is 9.90 Å². The van der Waals surface area contributed by atoms with Gasteiger partial charge in [-0.05, 0) is 81.6 Å². The van der Waals surface area contributed by atoms with E-state index in [0.29, 0.717) is 4.88 Å². The molecular formula is C29H33N2O2SSi+. The van der Waals surface area contributed by atoms with Crippen LogP contribution in [0.4, 0.5) is 5.69 Å². The lowest BCUT2D eigenvalue weighted by Gasteiger charge is -2.38. The van der Waals surface area contributed by atoms with Gasteiger partial charge in [0.2, 0.25) is 0 Å². The minimum absolute atomic E-state index is 0.444. The molecule has 1 aliphatic carbocycles. The van der Waals surface area contributed by atoms with Gasteiger partial charge >= 0.3 is 5.97 Å². The van der Waals surface area contributed by atoms with E-state index >= 15 is 0 Å². The van der Waals surface area contributed by atoms with Crippen LogP contribution in [0.25, 0.3) is 5.57 Å². The molecule has 4 nitrogen and oxygen atoms in total. The van der Waals surface area contributed by atoms with Crippen LogP contribution in [0.3, 0.4) is 0 Å². The lowest BCUT2D eigenvalue weighted by molar-refractivity contribution is -0.504. The number of nitrogens with zero attached hydrogens (tertiary/aromatic N) is 2. The monoisotopic (exact) mass is 501 g/mol. The van der Waals surface area contributed by atoms with Gasteiger partial charge in [-0.25, -0.2) is 9.37 Å². The van der Waals surface area contributed by atoms with Gasteiger partial charge in [0.15, 0.2) is 5.71 Å². The second kappa shape index (κ2) is 8.45. The summed E-state index contributed by atoms with van der Waals surface area (Å²) in [5, 5.41) is 14.8. The summed E-state index contributed by atoms with van der Waals surface area (Å²) < 4.78 is 2.53. The van der Waals surface area contributed by atoms with Crippen molar-refractivity contribution >= 4 is 47.5 Å². The van der Waals surface area contributed by atoms with Gasteiger partial charge in [-0.3, -0.25) is 0 Å². The summed E-state index contributed by atoms with van der Waals surface area (Å²) in [6.07, 6.45) is 12.2. The number of carbonyl (C=O) groups is 1. The Bertz CT molecular complexity index is 1360. The number of benzene rings is 1. The van der Waals surface area contributed by atoms with Crippen LogP contribution in [-0.4, -0.2) is 55.6 Å². The van der Waals surface area contributed by atoms with Crippen LogP contribution in [0.2, 0.25) is 13.1 Å². The molecule has 2 aromatic rings. The second-order valence-corrected chi connectivity index (χ2v) is 16.0. The molecule has 1 N–H and O–H groups in total. The Morgan fingerprint density at radius 1 is 1.06 bits per heavy atom. The summed E-state index contributed by atoms with van der Waals surface area (Å²) in [6, 6.07) is 7.08. The zero-order valence-electron chi connectivity index (χ0n) is 20.9. The van der Waals surface area contributed by atoms with E-state index in [1.807, 2.05) is 6.92 Å². The van der Waals surface area contributed by atoms with Crippen molar-refractivity contribution in [3.8, 4) is 0 Å². The number of thiophene rings is 1. The largest absolute Gasteiger partial charge is 0.477 e. The van der Waals surface area contributed by atoms with Gasteiger partial charge in [0.25, 0.3) is 0 Å². The number of anilines is 1. The maximum Gasteiger partial charge on any atom is 0.346 e. The fraction of sp³-hybridized carbons (Fsp3) is 0.379. The maximum atomic E-state index is 11.9. The lowest BCUT2D eigenvalue weighted by Crippen LogP contribution is -2.50. The second-order valence-electron chi connectivity index (χ2n) is 10.8. The summed E-state index contributed by atoms with van der Waals surface area (Å²) in [4.78, 5) is 14.9. The molecule has 3 aliphatic heterocycles. The normalized spacial score (nSPS) is 20.9. The molecule has 1 aromatic carbocycles. The van der Waals surface area contributed by atoms with Gasteiger partial charge in [-0.1, -0.05) is 19.2 Å². The fourth-order valence-corrected chi connectivity index (χ4v) is 10.3. The summed E-state index contributed by atoms with van der Waals surface area (Å²) >= 11 is 1.35. The fourth-order valence-electron chi connectivity index (χ4n) is 6.33. The van der Waals surface area contributed by atoms with Crippen LogP contribution in [-0.2, 0) is 0 Å². The lowest BCUT2D eigenvalue weighted by atomic mass is 9.89. The zero-order chi connectivity index (χ0) is 24.3. The Hall–Kier alpha value is -2.70. The number of carboxylic acids is 1. The minimum atomic E-state index is -1.99. The quantitative estimate of drug-likeness (QED) is 0.454. The summed E-state index contributed by atoms with van der Waals surface area (Å²) in [7, 11) is -1.99. The minimum Gasteiger partial charge on any atom is -0.477 e. The molecule has 0 spiro atoms. The molecule has 2 fully saturated rings. The van der Waals surface area contributed by atoms with Crippen molar-refractivity contribution in [1.82, 2.24) is 0 Å². The summed E-state index contributed by atoms with van der Waals surface area (Å²) in [6.45, 7) is 11.5. The number of hydrogen-bond acceptors (Lipinski definition) is 3. The van der Waals surface area contributed by atoms with E-state index < -0.39 is 14.0 Å². The molecule has 0 saturated carbocycles. The topological polar surface area (TPSA) is 43.5 Å². The van der Waals surface area contributed by atoms with Crippen LogP contribution >= 0.6 is 11.3 Å². The molecular weight excluding hydrogens is 468 g/mol. The number of carboxylic acid groups (broad SMARTS) is 1. The smallest absolute Gasteiger partial charge is 0.346 e. The Labute approximate surface area is 212 Å². The molecule has 0 amide bonds. The SMILES string of the molecule is Cc1c(C2=C3C=CC(=[N+]4CCCC4)C=C3[Si](C)(C)c3cc(N4CCCC4)ccc32)csc1C(=O)O. The summed E-state index contributed by atoms with van der Waals surface area (Å²) in [5.74, 6) is -0.834. The molecule has 0 radical (unpaired) electrons. The Morgan fingerprint density at radius 3 is 2.49 bits per heavy atom. The number of rotatable bonds is 3. The van der Waals surface area contributed by atoms with Crippen molar-refractivity contribution in [1.29, 1.82) is 0 Å². The van der Waals surface area contributed by atoms with Crippen molar-refractivity contribution in [2.45, 2.75) is 45.7 Å². The third-order valence-corrected chi connectivity index (χ3v) is 12.9. The first-order valence-corrected chi connectivity index (χ1v) is 16.7. The number of fused-ring (bicyclic) bond motifs is 2.